The average molecular weight is 487 g/mol. The van der Waals surface area contributed by atoms with Gasteiger partial charge in [0.2, 0.25) is 0 Å². The van der Waals surface area contributed by atoms with Gasteiger partial charge in [-0.05, 0) is 47.2 Å². The first kappa shape index (κ1) is 22.5. The fourth-order valence-corrected chi connectivity index (χ4v) is 4.56. The van der Waals surface area contributed by atoms with Gasteiger partial charge >= 0.3 is 5.97 Å². The molecule has 0 saturated heterocycles. The third-order valence-electron chi connectivity index (χ3n) is 5.72. The highest BCUT2D eigenvalue weighted by molar-refractivity contribution is 14.1. The van der Waals surface area contributed by atoms with Crippen LogP contribution in [-0.2, 0) is 10.4 Å². The second-order valence-corrected chi connectivity index (χ2v) is 9.07. The Hall–Kier alpha value is -0.820. The summed E-state index contributed by atoms with van der Waals surface area (Å²) in [6, 6.07) is 5.80. The fraction of sp³-hybridized carbons (Fsp3) is 0.682. The Morgan fingerprint density at radius 3 is 2.30 bits per heavy atom. The number of carboxylic acids is 1. The molecule has 2 rings (SSSR count). The molecule has 27 heavy (non-hydrogen) atoms. The van der Waals surface area contributed by atoms with Crippen LogP contribution in [0.2, 0.25) is 0 Å². The number of carbonyl (C=O) groups is 1. The number of fused-ring (bicyclic) bond motifs is 1. The Bertz CT molecular complexity index is 607. The summed E-state index contributed by atoms with van der Waals surface area (Å²) in [4.78, 5) is 11.9. The molecule has 3 N–H and O–H groups in total. The first-order valence-corrected chi connectivity index (χ1v) is 11.6. The number of β-amino-alcohol motifs (C(OH)–C–C–N with tert-alkyl or cyclic N) is 1. The topological polar surface area (TPSA) is 69.6 Å². The van der Waals surface area contributed by atoms with Gasteiger partial charge in [-0.1, -0.05) is 71.1 Å². The number of unbranched alkanes of at least 4 members (excludes halogenated alkanes) is 9. The van der Waals surface area contributed by atoms with Gasteiger partial charge < -0.3 is 15.5 Å². The monoisotopic (exact) mass is 487 g/mol. The maximum atomic E-state index is 11.9. The molecular weight excluding hydrogens is 453 g/mol. The van der Waals surface area contributed by atoms with Gasteiger partial charge in [-0.3, -0.25) is 4.79 Å². The second-order valence-electron chi connectivity index (χ2n) is 7.83. The highest BCUT2D eigenvalue weighted by atomic mass is 127. The van der Waals surface area contributed by atoms with Crippen molar-refractivity contribution in [2.75, 3.05) is 11.9 Å². The lowest BCUT2D eigenvalue weighted by Gasteiger charge is -2.30. The van der Waals surface area contributed by atoms with E-state index in [2.05, 4.69) is 34.8 Å². The summed E-state index contributed by atoms with van der Waals surface area (Å²) in [7, 11) is 0. The van der Waals surface area contributed by atoms with Gasteiger partial charge in [-0.15, -0.1) is 0 Å². The number of benzene rings is 1. The summed E-state index contributed by atoms with van der Waals surface area (Å²) in [5, 5.41) is 24.1. The number of aliphatic hydroxyl groups is 1. The molecule has 5 heteroatoms. The minimum absolute atomic E-state index is 0.275. The zero-order valence-electron chi connectivity index (χ0n) is 16.5. The molecular formula is C22H34INO3. The molecule has 1 heterocycles. The van der Waals surface area contributed by atoms with E-state index in [9.17, 15) is 15.0 Å². The molecule has 0 aromatic heterocycles. The minimum atomic E-state index is -1.32. The van der Waals surface area contributed by atoms with Crippen LogP contribution in [-0.4, -0.2) is 22.7 Å². The molecule has 0 spiro atoms. The molecule has 0 amide bonds. The molecule has 0 fully saturated rings. The highest BCUT2D eigenvalue weighted by Gasteiger charge is 2.47. The Morgan fingerprint density at radius 2 is 1.70 bits per heavy atom. The molecule has 1 aliphatic rings. The first-order valence-electron chi connectivity index (χ1n) is 10.5. The molecule has 1 aromatic rings. The predicted octanol–water partition coefficient (Wildman–Crippen LogP) is 5.92. The van der Waals surface area contributed by atoms with Crippen LogP contribution >= 0.6 is 22.6 Å². The second kappa shape index (κ2) is 11.2. The Kier molecular flexibility index (Phi) is 9.36. The number of rotatable bonds is 13. The van der Waals surface area contributed by atoms with Crippen molar-refractivity contribution in [2.45, 2.75) is 83.2 Å². The van der Waals surface area contributed by atoms with E-state index in [1.165, 1.54) is 44.9 Å². The predicted molar refractivity (Wildman–Crippen MR) is 119 cm³/mol. The van der Waals surface area contributed by atoms with E-state index >= 15 is 0 Å². The Labute approximate surface area is 177 Å². The van der Waals surface area contributed by atoms with Crippen LogP contribution in [0.4, 0.5) is 5.69 Å². The lowest BCUT2D eigenvalue weighted by atomic mass is 9.79. The Morgan fingerprint density at radius 1 is 1.11 bits per heavy atom. The SMILES string of the molecule is CCCCCCCCCCCCC(C(=O)O)C1(O)CNc2ccc(I)cc21. The highest BCUT2D eigenvalue weighted by Crippen LogP contribution is 2.42. The first-order chi connectivity index (χ1) is 13.0. The summed E-state index contributed by atoms with van der Waals surface area (Å²) in [5.74, 6) is -1.67. The van der Waals surface area contributed by atoms with Gasteiger partial charge in [-0.25, -0.2) is 0 Å². The molecule has 2 atom stereocenters. The smallest absolute Gasteiger partial charge is 0.309 e. The molecule has 0 aliphatic carbocycles. The number of halogens is 1. The van der Waals surface area contributed by atoms with Crippen molar-refractivity contribution in [3.8, 4) is 0 Å². The van der Waals surface area contributed by atoms with Crippen LogP contribution in [0.1, 0.15) is 83.1 Å². The average Bonchev–Trinajstić information content (AvgIpc) is 2.96. The number of anilines is 1. The van der Waals surface area contributed by atoms with Crippen molar-refractivity contribution >= 4 is 34.2 Å². The maximum absolute atomic E-state index is 11.9. The zero-order chi connectivity index (χ0) is 19.7. The van der Waals surface area contributed by atoms with E-state index < -0.39 is 17.5 Å². The maximum Gasteiger partial charge on any atom is 0.309 e. The molecule has 2 unspecified atom stereocenters. The van der Waals surface area contributed by atoms with Crippen molar-refractivity contribution in [3.05, 3.63) is 27.3 Å². The number of carboxylic acid groups (broad SMARTS) is 1. The molecule has 0 bridgehead atoms. The van der Waals surface area contributed by atoms with E-state index in [0.29, 0.717) is 6.42 Å². The van der Waals surface area contributed by atoms with Crippen molar-refractivity contribution in [3.63, 3.8) is 0 Å². The van der Waals surface area contributed by atoms with Gasteiger partial charge in [0.15, 0.2) is 0 Å². The lowest BCUT2D eigenvalue weighted by Crippen LogP contribution is -2.41. The van der Waals surface area contributed by atoms with Crippen LogP contribution in [0.15, 0.2) is 18.2 Å². The van der Waals surface area contributed by atoms with E-state index in [1.807, 2.05) is 18.2 Å². The number of aliphatic carboxylic acids is 1. The molecule has 1 aliphatic heterocycles. The third kappa shape index (κ3) is 6.34. The normalized spacial score (nSPS) is 19.5. The van der Waals surface area contributed by atoms with Crippen LogP contribution in [0.3, 0.4) is 0 Å². The van der Waals surface area contributed by atoms with Gasteiger partial charge in [-0.2, -0.15) is 0 Å². The van der Waals surface area contributed by atoms with E-state index in [4.69, 9.17) is 0 Å². The van der Waals surface area contributed by atoms with Gasteiger partial charge in [0.25, 0.3) is 0 Å². The summed E-state index contributed by atoms with van der Waals surface area (Å²) in [6.45, 7) is 2.51. The number of nitrogens with one attached hydrogen (secondary N) is 1. The summed E-state index contributed by atoms with van der Waals surface area (Å²) < 4.78 is 1.01. The van der Waals surface area contributed by atoms with E-state index in [1.54, 1.807) is 0 Å². The van der Waals surface area contributed by atoms with Gasteiger partial charge in [0.05, 0.1) is 5.92 Å². The molecule has 152 valence electrons. The van der Waals surface area contributed by atoms with Crippen LogP contribution < -0.4 is 5.32 Å². The lowest BCUT2D eigenvalue weighted by molar-refractivity contribution is -0.152. The number of hydrogen-bond donors (Lipinski definition) is 3. The minimum Gasteiger partial charge on any atom is -0.481 e. The molecule has 0 saturated carbocycles. The van der Waals surface area contributed by atoms with Crippen molar-refractivity contribution in [1.29, 1.82) is 0 Å². The molecule has 4 nitrogen and oxygen atoms in total. The summed E-state index contributed by atoms with van der Waals surface area (Å²) in [6.07, 6.45) is 12.7. The van der Waals surface area contributed by atoms with Crippen LogP contribution in [0.25, 0.3) is 0 Å². The van der Waals surface area contributed by atoms with Gasteiger partial charge in [0, 0.05) is 21.4 Å². The fourth-order valence-electron chi connectivity index (χ4n) is 4.07. The van der Waals surface area contributed by atoms with Gasteiger partial charge in [0.1, 0.15) is 5.60 Å². The summed E-state index contributed by atoms with van der Waals surface area (Å²) >= 11 is 2.20. The zero-order valence-corrected chi connectivity index (χ0v) is 18.6. The number of hydrogen-bond acceptors (Lipinski definition) is 3. The van der Waals surface area contributed by atoms with E-state index in [-0.39, 0.29) is 6.54 Å². The van der Waals surface area contributed by atoms with Crippen molar-refractivity contribution in [2.24, 2.45) is 5.92 Å². The Balaban J connectivity index is 1.77. The van der Waals surface area contributed by atoms with Crippen LogP contribution in [0, 0.1) is 9.49 Å². The molecule has 1 aromatic carbocycles. The van der Waals surface area contributed by atoms with Crippen LogP contribution in [0.5, 0.6) is 0 Å². The molecule has 0 radical (unpaired) electrons. The largest absolute Gasteiger partial charge is 0.481 e. The third-order valence-corrected chi connectivity index (χ3v) is 6.39. The quantitative estimate of drug-likeness (QED) is 0.239. The van der Waals surface area contributed by atoms with Crippen molar-refractivity contribution < 1.29 is 15.0 Å². The standard InChI is InChI=1S/C22H34INO3/c1-2-3-4-5-6-7-8-9-10-11-12-18(21(25)26)22(27)16-24-20-14-13-17(23)15-19(20)22/h13-15,18,24,27H,2-12,16H2,1H3,(H,25,26). The summed E-state index contributed by atoms with van der Waals surface area (Å²) in [5.41, 5.74) is 0.267. The van der Waals surface area contributed by atoms with E-state index in [0.717, 1.165) is 34.1 Å². The van der Waals surface area contributed by atoms with Crippen molar-refractivity contribution in [1.82, 2.24) is 0 Å².